The van der Waals surface area contributed by atoms with Crippen molar-refractivity contribution in [1.82, 2.24) is 10.2 Å². The van der Waals surface area contributed by atoms with Gasteiger partial charge in [-0.2, -0.15) is 0 Å². The zero-order chi connectivity index (χ0) is 15.8. The van der Waals surface area contributed by atoms with E-state index < -0.39 is 5.60 Å². The molecule has 1 aliphatic carbocycles. The summed E-state index contributed by atoms with van der Waals surface area (Å²) < 4.78 is 5.42. The molecule has 21 heavy (non-hydrogen) atoms. The Labute approximate surface area is 128 Å². The highest BCUT2D eigenvalue weighted by atomic mass is 16.6. The highest BCUT2D eigenvalue weighted by Gasteiger charge is 2.57. The molecule has 1 heterocycles. The molecule has 2 aliphatic rings. The van der Waals surface area contributed by atoms with Gasteiger partial charge in [0.25, 0.3) is 0 Å². The maximum Gasteiger partial charge on any atom is 0.410 e. The summed E-state index contributed by atoms with van der Waals surface area (Å²) in [5.41, 5.74) is 5.40. The van der Waals surface area contributed by atoms with Crippen LogP contribution < -0.4 is 11.1 Å². The first-order valence-corrected chi connectivity index (χ1v) is 8.14. The van der Waals surface area contributed by atoms with Gasteiger partial charge >= 0.3 is 6.09 Å². The minimum absolute atomic E-state index is 0.171. The summed E-state index contributed by atoms with van der Waals surface area (Å²) in [5.74, 6) is 2.35. The van der Waals surface area contributed by atoms with E-state index in [2.05, 4.69) is 19.2 Å². The second-order valence-corrected chi connectivity index (χ2v) is 7.89. The van der Waals surface area contributed by atoms with E-state index in [0.717, 1.165) is 26.2 Å². The first-order chi connectivity index (χ1) is 9.73. The Kier molecular flexibility index (Phi) is 4.83. The topological polar surface area (TPSA) is 67.6 Å². The Morgan fingerprint density at radius 3 is 2.33 bits per heavy atom. The molecule has 1 saturated heterocycles. The molecule has 3 N–H and O–H groups in total. The van der Waals surface area contributed by atoms with Gasteiger partial charge in [0.05, 0.1) is 0 Å². The predicted octanol–water partition coefficient (Wildman–Crippen LogP) is 1.67. The quantitative estimate of drug-likeness (QED) is 0.810. The third kappa shape index (κ3) is 4.10. The van der Waals surface area contributed by atoms with Gasteiger partial charge in [0.1, 0.15) is 5.60 Å². The summed E-state index contributed by atoms with van der Waals surface area (Å²) in [6.45, 7) is 13.5. The number of nitrogens with zero attached hydrogens (tertiary/aromatic N) is 1. The monoisotopic (exact) mass is 297 g/mol. The molecule has 5 heteroatoms. The lowest BCUT2D eigenvalue weighted by molar-refractivity contribution is 0.0269. The first kappa shape index (κ1) is 16.6. The first-order valence-electron chi connectivity index (χ1n) is 8.14. The molecule has 1 amide bonds. The Morgan fingerprint density at radius 1 is 1.33 bits per heavy atom. The van der Waals surface area contributed by atoms with E-state index in [4.69, 9.17) is 10.5 Å². The summed E-state index contributed by atoms with van der Waals surface area (Å²) in [4.78, 5) is 13.9. The van der Waals surface area contributed by atoms with Gasteiger partial charge in [-0.3, -0.25) is 0 Å². The van der Waals surface area contributed by atoms with Gasteiger partial charge in [0.15, 0.2) is 0 Å². The van der Waals surface area contributed by atoms with E-state index in [1.165, 1.54) is 0 Å². The number of likely N-dealkylation sites (tertiary alicyclic amines) is 1. The minimum atomic E-state index is -0.410. The molecule has 0 bridgehead atoms. The van der Waals surface area contributed by atoms with Crippen LogP contribution in [-0.4, -0.2) is 48.8 Å². The molecular weight excluding hydrogens is 266 g/mol. The lowest BCUT2D eigenvalue weighted by Crippen LogP contribution is -2.40. The van der Waals surface area contributed by atoms with Gasteiger partial charge in [-0.15, -0.1) is 0 Å². The molecule has 3 unspecified atom stereocenters. The van der Waals surface area contributed by atoms with Gasteiger partial charge in [-0.25, -0.2) is 4.79 Å². The van der Waals surface area contributed by atoms with E-state index in [9.17, 15) is 4.79 Å². The molecule has 0 aromatic rings. The zero-order valence-electron chi connectivity index (χ0n) is 14.1. The van der Waals surface area contributed by atoms with Crippen LogP contribution in [-0.2, 0) is 4.74 Å². The second kappa shape index (κ2) is 6.13. The van der Waals surface area contributed by atoms with Crippen molar-refractivity contribution in [3.05, 3.63) is 0 Å². The van der Waals surface area contributed by atoms with Crippen molar-refractivity contribution in [3.63, 3.8) is 0 Å². The predicted molar refractivity (Wildman–Crippen MR) is 84.0 cm³/mol. The summed E-state index contributed by atoms with van der Waals surface area (Å²) in [7, 11) is 0. The zero-order valence-corrected chi connectivity index (χ0v) is 14.1. The van der Waals surface area contributed by atoms with Crippen molar-refractivity contribution >= 4 is 6.09 Å². The molecule has 2 rings (SSSR count). The van der Waals surface area contributed by atoms with Crippen molar-refractivity contribution in [2.24, 2.45) is 29.4 Å². The van der Waals surface area contributed by atoms with E-state index >= 15 is 0 Å². The van der Waals surface area contributed by atoms with Crippen LogP contribution in [0.15, 0.2) is 0 Å². The fraction of sp³-hybridized carbons (Fsp3) is 0.938. The molecule has 122 valence electrons. The third-order valence-corrected chi connectivity index (χ3v) is 4.71. The number of carbonyl (C=O) groups is 1. The SMILES string of the molecule is CC(C)C(CN)CNC1C2CN(C(=O)OC(C)(C)C)CC21. The fourth-order valence-corrected chi connectivity index (χ4v) is 3.18. The number of hydrogen-bond donors (Lipinski definition) is 2. The normalized spacial score (nSPS) is 29.5. The van der Waals surface area contributed by atoms with Crippen LogP contribution in [0, 0.1) is 23.7 Å². The summed E-state index contributed by atoms with van der Waals surface area (Å²) in [6, 6.07) is 0.566. The van der Waals surface area contributed by atoms with Gasteiger partial charge in [0, 0.05) is 19.1 Å². The number of nitrogens with one attached hydrogen (secondary N) is 1. The van der Waals surface area contributed by atoms with Crippen molar-refractivity contribution in [3.8, 4) is 0 Å². The second-order valence-electron chi connectivity index (χ2n) is 7.89. The molecule has 2 fully saturated rings. The number of carbonyl (C=O) groups excluding carboxylic acids is 1. The van der Waals surface area contributed by atoms with Gasteiger partial charge < -0.3 is 20.7 Å². The van der Waals surface area contributed by atoms with E-state index in [1.807, 2.05) is 25.7 Å². The molecule has 0 spiro atoms. The minimum Gasteiger partial charge on any atom is -0.444 e. The molecule has 0 aromatic heterocycles. The van der Waals surface area contributed by atoms with Crippen LogP contribution in [0.2, 0.25) is 0 Å². The van der Waals surface area contributed by atoms with Crippen molar-refractivity contribution in [2.45, 2.75) is 46.3 Å². The van der Waals surface area contributed by atoms with Crippen LogP contribution in [0.3, 0.4) is 0 Å². The number of piperidine rings is 1. The average molecular weight is 297 g/mol. The molecule has 1 saturated carbocycles. The Hall–Kier alpha value is -0.810. The van der Waals surface area contributed by atoms with Crippen LogP contribution >= 0.6 is 0 Å². The third-order valence-electron chi connectivity index (χ3n) is 4.71. The maximum atomic E-state index is 12.0. The van der Waals surface area contributed by atoms with Crippen LogP contribution in [0.4, 0.5) is 4.79 Å². The molecule has 5 nitrogen and oxygen atoms in total. The van der Waals surface area contributed by atoms with Crippen molar-refractivity contribution in [1.29, 1.82) is 0 Å². The molecule has 1 aliphatic heterocycles. The number of amides is 1. The van der Waals surface area contributed by atoms with Crippen molar-refractivity contribution in [2.75, 3.05) is 26.2 Å². The highest BCUT2D eigenvalue weighted by molar-refractivity contribution is 5.69. The van der Waals surface area contributed by atoms with Gasteiger partial charge in [0.2, 0.25) is 0 Å². The van der Waals surface area contributed by atoms with Gasteiger partial charge in [-0.1, -0.05) is 13.8 Å². The van der Waals surface area contributed by atoms with Crippen molar-refractivity contribution < 1.29 is 9.53 Å². The summed E-state index contributed by atoms with van der Waals surface area (Å²) in [6.07, 6.45) is -0.171. The maximum absolute atomic E-state index is 12.0. The molecule has 3 atom stereocenters. The molecular formula is C16H31N3O2. The number of hydrogen-bond acceptors (Lipinski definition) is 4. The molecule has 0 radical (unpaired) electrons. The standard InChI is InChI=1S/C16H31N3O2/c1-10(2)11(6-17)7-18-14-12-8-19(9-13(12)14)15(20)21-16(3,4)5/h10-14,18H,6-9,17H2,1-5H3. The molecule has 0 aromatic carbocycles. The van der Waals surface area contributed by atoms with Crippen LogP contribution in [0.5, 0.6) is 0 Å². The van der Waals surface area contributed by atoms with Crippen LogP contribution in [0.1, 0.15) is 34.6 Å². The largest absolute Gasteiger partial charge is 0.444 e. The smallest absolute Gasteiger partial charge is 0.410 e. The Morgan fingerprint density at radius 2 is 1.90 bits per heavy atom. The van der Waals surface area contributed by atoms with E-state index in [0.29, 0.717) is 29.7 Å². The lowest BCUT2D eigenvalue weighted by atomic mass is 9.96. The number of fused-ring (bicyclic) bond motifs is 1. The van der Waals surface area contributed by atoms with E-state index in [-0.39, 0.29) is 6.09 Å². The number of rotatable bonds is 5. The fourth-order valence-electron chi connectivity index (χ4n) is 3.18. The number of nitrogens with two attached hydrogens (primary N) is 1. The Balaban J connectivity index is 1.71. The number of ether oxygens (including phenoxy) is 1. The lowest BCUT2D eigenvalue weighted by Gasteiger charge is -2.26. The highest BCUT2D eigenvalue weighted by Crippen LogP contribution is 2.45. The van der Waals surface area contributed by atoms with Crippen LogP contribution in [0.25, 0.3) is 0 Å². The Bertz CT molecular complexity index is 366. The van der Waals surface area contributed by atoms with Gasteiger partial charge in [-0.05, 0) is 57.5 Å². The summed E-state index contributed by atoms with van der Waals surface area (Å²) >= 11 is 0. The average Bonchev–Trinajstić information content (AvgIpc) is 2.81. The summed E-state index contributed by atoms with van der Waals surface area (Å²) in [5, 5.41) is 3.64. The van der Waals surface area contributed by atoms with E-state index in [1.54, 1.807) is 0 Å².